The second-order valence-corrected chi connectivity index (χ2v) is 11.7. The van der Waals surface area contributed by atoms with Gasteiger partial charge in [0.15, 0.2) is 0 Å². The van der Waals surface area contributed by atoms with E-state index in [1.807, 2.05) is 39.0 Å². The zero-order valence-electron chi connectivity index (χ0n) is 23.5. The van der Waals surface area contributed by atoms with Crippen LogP contribution < -0.4 is 4.74 Å². The maximum absolute atomic E-state index is 13.3. The van der Waals surface area contributed by atoms with Crippen LogP contribution in [0.4, 0.5) is 4.39 Å². The number of aryl methyl sites for hydroxylation is 3. The van der Waals surface area contributed by atoms with Gasteiger partial charge < -0.3 is 4.74 Å². The van der Waals surface area contributed by atoms with E-state index in [0.29, 0.717) is 16.9 Å². The van der Waals surface area contributed by atoms with Gasteiger partial charge in [-0.05, 0) is 73.9 Å². The van der Waals surface area contributed by atoms with Crippen LogP contribution in [0.15, 0.2) is 30.3 Å². The van der Waals surface area contributed by atoms with Gasteiger partial charge in [0.05, 0.1) is 22.8 Å². The first kappa shape index (κ1) is 30.9. The highest BCUT2D eigenvalue weighted by Crippen LogP contribution is 2.39. The molecule has 0 saturated heterocycles. The maximum Gasteiger partial charge on any atom is 0.126 e. The second kappa shape index (κ2) is 14.6. The molecule has 37 heavy (non-hydrogen) atoms. The Bertz CT molecular complexity index is 1210. The number of methoxy groups -OCH3 is 1. The Balaban J connectivity index is 0.000000235. The Labute approximate surface area is 232 Å². The van der Waals surface area contributed by atoms with Gasteiger partial charge in [0.1, 0.15) is 11.6 Å². The zero-order valence-corrected chi connectivity index (χ0v) is 25.1. The number of hydrogen-bond acceptors (Lipinski definition) is 3. The van der Waals surface area contributed by atoms with E-state index in [1.54, 1.807) is 24.5 Å². The van der Waals surface area contributed by atoms with E-state index in [1.165, 1.54) is 24.1 Å². The Hall–Kier alpha value is -2.35. The molecule has 0 amide bonds. The molecule has 1 saturated carbocycles. The molecule has 2 aromatic carbocycles. The van der Waals surface area contributed by atoms with Crippen molar-refractivity contribution in [3.63, 3.8) is 0 Å². The smallest absolute Gasteiger partial charge is 0.126 e. The summed E-state index contributed by atoms with van der Waals surface area (Å²) in [5.41, 5.74) is 4.94. The van der Waals surface area contributed by atoms with Crippen LogP contribution in [0.3, 0.4) is 0 Å². The van der Waals surface area contributed by atoms with Crippen LogP contribution >= 0.6 is 22.9 Å². The van der Waals surface area contributed by atoms with E-state index in [2.05, 4.69) is 39.7 Å². The van der Waals surface area contributed by atoms with Gasteiger partial charge in [-0.2, -0.15) is 0 Å². The van der Waals surface area contributed by atoms with Gasteiger partial charge in [-0.1, -0.05) is 64.3 Å². The molecule has 1 aromatic heterocycles. The molecule has 5 heteroatoms. The van der Waals surface area contributed by atoms with Crippen LogP contribution in [0, 0.1) is 44.9 Å². The summed E-state index contributed by atoms with van der Waals surface area (Å²) in [6.45, 7) is 14.4. The molecule has 1 heterocycles. The molecule has 2 nitrogen and oxygen atoms in total. The normalized spacial score (nSPS) is 13.1. The number of terminal acetylenes is 1. The van der Waals surface area contributed by atoms with Gasteiger partial charge in [-0.25, -0.2) is 9.37 Å². The molecule has 0 radical (unpaired) electrons. The minimum Gasteiger partial charge on any atom is -0.496 e. The first-order valence-electron chi connectivity index (χ1n) is 13.0. The fourth-order valence-electron chi connectivity index (χ4n) is 3.88. The number of nitrogens with zero attached hydrogens (tertiary/aromatic N) is 1. The molecular weight excluding hydrogens is 501 g/mol. The first-order chi connectivity index (χ1) is 17.5. The van der Waals surface area contributed by atoms with Crippen LogP contribution in [-0.4, -0.2) is 12.1 Å². The lowest BCUT2D eigenvalue weighted by Gasteiger charge is -2.11. The lowest BCUT2D eigenvalue weighted by atomic mass is 9.94. The number of hydrogen-bond donors (Lipinski definition) is 0. The molecule has 1 aliphatic carbocycles. The molecule has 1 aliphatic rings. The van der Waals surface area contributed by atoms with Gasteiger partial charge in [0.25, 0.3) is 0 Å². The number of halogens is 2. The summed E-state index contributed by atoms with van der Waals surface area (Å²) in [5.74, 6) is 5.04. The van der Waals surface area contributed by atoms with Crippen molar-refractivity contribution < 1.29 is 9.13 Å². The minimum absolute atomic E-state index is 0.0647. The molecule has 0 N–H and O–H groups in total. The Morgan fingerprint density at radius 1 is 1.14 bits per heavy atom. The topological polar surface area (TPSA) is 22.1 Å². The summed E-state index contributed by atoms with van der Waals surface area (Å²) in [6.07, 6.45) is 9.60. The van der Waals surface area contributed by atoms with E-state index in [0.717, 1.165) is 51.0 Å². The van der Waals surface area contributed by atoms with Crippen LogP contribution in [0.1, 0.15) is 91.8 Å². The van der Waals surface area contributed by atoms with E-state index < -0.39 is 0 Å². The number of ether oxygens (including phenoxy) is 1. The molecule has 1 fully saturated rings. The number of aromatic nitrogens is 1. The molecule has 3 aromatic rings. The highest BCUT2D eigenvalue weighted by atomic mass is 35.5. The second-order valence-electron chi connectivity index (χ2n) is 10.1. The SMILES string of the molecule is C#CCC.COc1cc(Cl)c(-c2nc(C(C)C)sc2C)cc1C.Cc1ccc(C(C)CC2CC2)cc1F. The fourth-order valence-corrected chi connectivity index (χ4v) is 5.07. The van der Waals surface area contributed by atoms with Crippen molar-refractivity contribution in [1.82, 2.24) is 4.98 Å². The average Bonchev–Trinajstić information content (AvgIpc) is 3.60. The molecule has 4 rings (SSSR count). The predicted octanol–water partition coefficient (Wildman–Crippen LogP) is 10.3. The number of rotatable bonds is 6. The van der Waals surface area contributed by atoms with Gasteiger partial charge in [-0.3, -0.25) is 0 Å². The molecule has 1 atom stereocenters. The minimum atomic E-state index is -0.0647. The zero-order chi connectivity index (χ0) is 27.7. The van der Waals surface area contributed by atoms with Gasteiger partial charge in [-0.15, -0.1) is 23.7 Å². The fraction of sp³-hybridized carbons (Fsp3) is 0.469. The highest BCUT2D eigenvalue weighted by Gasteiger charge is 2.24. The van der Waals surface area contributed by atoms with Crippen LogP contribution in [0.5, 0.6) is 5.75 Å². The molecule has 0 aliphatic heterocycles. The van der Waals surface area contributed by atoms with Crippen molar-refractivity contribution in [1.29, 1.82) is 0 Å². The molecular formula is C32H41ClFNOS. The third kappa shape index (κ3) is 9.16. The van der Waals surface area contributed by atoms with Crippen LogP contribution in [0.2, 0.25) is 5.02 Å². The molecule has 0 bridgehead atoms. The first-order valence-corrected chi connectivity index (χ1v) is 14.2. The summed E-state index contributed by atoms with van der Waals surface area (Å²) in [5, 5.41) is 1.84. The Morgan fingerprint density at radius 3 is 2.27 bits per heavy atom. The Morgan fingerprint density at radius 2 is 1.78 bits per heavy atom. The van der Waals surface area contributed by atoms with Gasteiger partial charge in [0.2, 0.25) is 0 Å². The number of thiazole rings is 1. The summed E-state index contributed by atoms with van der Waals surface area (Å²) in [6, 6.07) is 9.55. The van der Waals surface area contributed by atoms with E-state index >= 15 is 0 Å². The quantitative estimate of drug-likeness (QED) is 0.289. The summed E-state index contributed by atoms with van der Waals surface area (Å²) < 4.78 is 18.6. The van der Waals surface area contributed by atoms with E-state index in [4.69, 9.17) is 27.7 Å². The van der Waals surface area contributed by atoms with Crippen molar-refractivity contribution in [3.05, 3.63) is 67.7 Å². The van der Waals surface area contributed by atoms with Gasteiger partial charge in [0, 0.05) is 22.8 Å². The maximum atomic E-state index is 13.3. The van der Waals surface area contributed by atoms with E-state index in [-0.39, 0.29) is 5.82 Å². The van der Waals surface area contributed by atoms with Crippen molar-refractivity contribution in [3.8, 4) is 29.4 Å². The predicted molar refractivity (Wildman–Crippen MR) is 159 cm³/mol. The molecule has 1 unspecified atom stereocenters. The Kier molecular flexibility index (Phi) is 12.1. The van der Waals surface area contributed by atoms with Gasteiger partial charge >= 0.3 is 0 Å². The average molecular weight is 542 g/mol. The summed E-state index contributed by atoms with van der Waals surface area (Å²) >= 11 is 8.10. The standard InChI is InChI=1S/C15H18ClNOS.C13H17F.C4H6/c1-8(2)15-17-14(10(4)19-15)11-6-9(3)13(18-5)7-12(11)16;1-9-3-6-12(8-13(9)14)10(2)7-11-4-5-11;1-3-4-2/h6-8H,1-5H3;3,6,8,10-11H,4-5,7H2,1-2H3;1H,4H2,2H3. The summed E-state index contributed by atoms with van der Waals surface area (Å²) in [7, 11) is 1.66. The third-order valence-corrected chi connectivity index (χ3v) is 7.98. The molecule has 200 valence electrons. The lowest BCUT2D eigenvalue weighted by molar-refractivity contribution is 0.412. The summed E-state index contributed by atoms with van der Waals surface area (Å²) in [4.78, 5) is 5.93. The van der Waals surface area contributed by atoms with Crippen molar-refractivity contribution in [2.45, 2.75) is 86.0 Å². The number of benzene rings is 2. The molecule has 0 spiro atoms. The van der Waals surface area contributed by atoms with Crippen molar-refractivity contribution in [2.75, 3.05) is 7.11 Å². The van der Waals surface area contributed by atoms with Crippen molar-refractivity contribution in [2.24, 2.45) is 5.92 Å². The lowest BCUT2D eigenvalue weighted by Crippen LogP contribution is -1.96. The largest absolute Gasteiger partial charge is 0.496 e. The van der Waals surface area contributed by atoms with E-state index in [9.17, 15) is 4.39 Å². The van der Waals surface area contributed by atoms with Crippen LogP contribution in [-0.2, 0) is 0 Å². The highest BCUT2D eigenvalue weighted by molar-refractivity contribution is 7.12. The van der Waals surface area contributed by atoms with Crippen molar-refractivity contribution >= 4 is 22.9 Å². The monoisotopic (exact) mass is 541 g/mol. The third-order valence-electron chi connectivity index (χ3n) is 6.40. The van der Waals surface area contributed by atoms with Crippen LogP contribution in [0.25, 0.3) is 11.3 Å².